The molecule has 3 N–H and O–H groups in total. The molecule has 0 amide bonds. The van der Waals surface area contributed by atoms with Gasteiger partial charge in [0.2, 0.25) is 0 Å². The Kier molecular flexibility index (Phi) is 3.15. The van der Waals surface area contributed by atoms with Gasteiger partial charge < -0.3 is 11.1 Å². The third kappa shape index (κ3) is 2.13. The average Bonchev–Trinajstić information content (AvgIpc) is 2.62. The standard InChI is InChI=1S/C10H17N3S/c11-7-10(2-1-3-10)8-12-6-9-13-4-5-14-9/h4-5,12H,1-3,6-8,11H2. The van der Waals surface area contributed by atoms with Gasteiger partial charge in [-0.05, 0) is 24.8 Å². The van der Waals surface area contributed by atoms with Gasteiger partial charge in [0.05, 0.1) is 0 Å². The molecule has 1 aromatic rings. The second kappa shape index (κ2) is 4.38. The van der Waals surface area contributed by atoms with E-state index in [4.69, 9.17) is 5.73 Å². The van der Waals surface area contributed by atoms with Crippen LogP contribution in [0.25, 0.3) is 0 Å². The average molecular weight is 211 g/mol. The molecule has 1 fully saturated rings. The highest BCUT2D eigenvalue weighted by molar-refractivity contribution is 7.09. The summed E-state index contributed by atoms with van der Waals surface area (Å²) in [6.07, 6.45) is 5.77. The topological polar surface area (TPSA) is 50.9 Å². The van der Waals surface area contributed by atoms with Crippen molar-refractivity contribution < 1.29 is 0 Å². The van der Waals surface area contributed by atoms with Gasteiger partial charge in [-0.25, -0.2) is 4.98 Å². The van der Waals surface area contributed by atoms with Gasteiger partial charge in [-0.3, -0.25) is 0 Å². The van der Waals surface area contributed by atoms with Gasteiger partial charge in [0.1, 0.15) is 5.01 Å². The van der Waals surface area contributed by atoms with E-state index in [-0.39, 0.29) is 0 Å². The van der Waals surface area contributed by atoms with Crippen molar-refractivity contribution in [2.24, 2.45) is 11.1 Å². The highest BCUT2D eigenvalue weighted by Gasteiger charge is 2.34. The molecule has 0 aromatic carbocycles. The second-order valence-corrected chi connectivity index (χ2v) is 5.07. The molecule has 1 aliphatic rings. The van der Waals surface area contributed by atoms with Crippen LogP contribution in [0.4, 0.5) is 0 Å². The predicted octanol–water partition coefficient (Wildman–Crippen LogP) is 1.36. The zero-order valence-corrected chi connectivity index (χ0v) is 9.15. The van der Waals surface area contributed by atoms with Crippen LogP contribution in [0.1, 0.15) is 24.3 Å². The number of thiazole rings is 1. The molecular formula is C10H17N3S. The quantitative estimate of drug-likeness (QED) is 0.773. The lowest BCUT2D eigenvalue weighted by atomic mass is 9.69. The van der Waals surface area contributed by atoms with Gasteiger partial charge in [0, 0.05) is 24.7 Å². The van der Waals surface area contributed by atoms with Gasteiger partial charge in [0.15, 0.2) is 0 Å². The van der Waals surface area contributed by atoms with Crippen LogP contribution >= 0.6 is 11.3 Å². The Labute approximate surface area is 88.7 Å². The molecule has 14 heavy (non-hydrogen) atoms. The maximum absolute atomic E-state index is 5.78. The molecule has 1 saturated carbocycles. The number of nitrogens with zero attached hydrogens (tertiary/aromatic N) is 1. The number of nitrogens with one attached hydrogen (secondary N) is 1. The summed E-state index contributed by atoms with van der Waals surface area (Å²) >= 11 is 1.70. The number of hydrogen-bond donors (Lipinski definition) is 2. The summed E-state index contributed by atoms with van der Waals surface area (Å²) in [5.74, 6) is 0. The summed E-state index contributed by atoms with van der Waals surface area (Å²) in [4.78, 5) is 4.23. The first-order chi connectivity index (χ1) is 6.85. The van der Waals surface area contributed by atoms with Crippen LogP contribution < -0.4 is 11.1 Å². The number of aromatic nitrogens is 1. The zero-order chi connectivity index (χ0) is 9.86. The van der Waals surface area contributed by atoms with E-state index in [2.05, 4.69) is 10.3 Å². The zero-order valence-electron chi connectivity index (χ0n) is 8.33. The molecule has 0 spiro atoms. The highest BCUT2D eigenvalue weighted by Crippen LogP contribution is 2.39. The molecule has 0 bridgehead atoms. The smallest absolute Gasteiger partial charge is 0.106 e. The van der Waals surface area contributed by atoms with E-state index in [0.29, 0.717) is 5.41 Å². The van der Waals surface area contributed by atoms with Crippen LogP contribution in [0.5, 0.6) is 0 Å². The van der Waals surface area contributed by atoms with Crippen molar-refractivity contribution in [2.45, 2.75) is 25.8 Å². The maximum atomic E-state index is 5.78. The lowest BCUT2D eigenvalue weighted by Gasteiger charge is -2.41. The van der Waals surface area contributed by atoms with Crippen LogP contribution in [0.3, 0.4) is 0 Å². The molecule has 1 aromatic heterocycles. The molecule has 0 aliphatic heterocycles. The minimum absolute atomic E-state index is 0.400. The molecule has 4 heteroatoms. The maximum Gasteiger partial charge on any atom is 0.106 e. The predicted molar refractivity (Wildman–Crippen MR) is 59.2 cm³/mol. The summed E-state index contributed by atoms with van der Waals surface area (Å²) in [7, 11) is 0. The molecular weight excluding hydrogens is 194 g/mol. The minimum Gasteiger partial charge on any atom is -0.330 e. The monoisotopic (exact) mass is 211 g/mol. The van der Waals surface area contributed by atoms with Gasteiger partial charge in [-0.1, -0.05) is 6.42 Å². The Morgan fingerprint density at radius 1 is 1.57 bits per heavy atom. The van der Waals surface area contributed by atoms with Crippen LogP contribution in [-0.4, -0.2) is 18.1 Å². The molecule has 2 rings (SSSR count). The van der Waals surface area contributed by atoms with Crippen LogP contribution in [-0.2, 0) is 6.54 Å². The van der Waals surface area contributed by atoms with Crippen LogP contribution in [0.15, 0.2) is 11.6 Å². The molecule has 1 heterocycles. The summed E-state index contributed by atoms with van der Waals surface area (Å²) in [5, 5.41) is 6.63. The number of hydrogen-bond acceptors (Lipinski definition) is 4. The molecule has 3 nitrogen and oxygen atoms in total. The van der Waals surface area contributed by atoms with Gasteiger partial charge >= 0.3 is 0 Å². The fourth-order valence-electron chi connectivity index (χ4n) is 1.90. The lowest BCUT2D eigenvalue weighted by molar-refractivity contribution is 0.141. The Morgan fingerprint density at radius 2 is 2.43 bits per heavy atom. The highest BCUT2D eigenvalue weighted by atomic mass is 32.1. The van der Waals surface area contributed by atoms with Crippen molar-refractivity contribution in [3.05, 3.63) is 16.6 Å². The minimum atomic E-state index is 0.400. The fraction of sp³-hybridized carbons (Fsp3) is 0.700. The first kappa shape index (κ1) is 10.1. The van der Waals surface area contributed by atoms with Crippen LogP contribution in [0.2, 0.25) is 0 Å². The third-order valence-corrected chi connectivity index (χ3v) is 3.89. The van der Waals surface area contributed by atoms with E-state index >= 15 is 0 Å². The third-order valence-electron chi connectivity index (χ3n) is 3.11. The molecule has 0 unspecified atom stereocenters. The first-order valence-electron chi connectivity index (χ1n) is 5.14. The first-order valence-corrected chi connectivity index (χ1v) is 6.02. The van der Waals surface area contributed by atoms with Gasteiger partial charge in [0.25, 0.3) is 0 Å². The Balaban J connectivity index is 1.72. The van der Waals surface area contributed by atoms with Crippen molar-refractivity contribution >= 4 is 11.3 Å². The normalized spacial score (nSPS) is 19.2. The van der Waals surface area contributed by atoms with Crippen LogP contribution in [0, 0.1) is 5.41 Å². The lowest BCUT2D eigenvalue weighted by Crippen LogP contribution is -2.45. The summed E-state index contributed by atoms with van der Waals surface area (Å²) in [5.41, 5.74) is 6.18. The molecule has 1 aliphatic carbocycles. The van der Waals surface area contributed by atoms with Gasteiger partial charge in [-0.15, -0.1) is 11.3 Å². The second-order valence-electron chi connectivity index (χ2n) is 4.09. The van der Waals surface area contributed by atoms with Crippen molar-refractivity contribution in [2.75, 3.05) is 13.1 Å². The van der Waals surface area contributed by atoms with Crippen molar-refractivity contribution in [1.29, 1.82) is 0 Å². The van der Waals surface area contributed by atoms with E-state index in [1.165, 1.54) is 19.3 Å². The number of nitrogens with two attached hydrogens (primary N) is 1. The van der Waals surface area contributed by atoms with E-state index < -0.39 is 0 Å². The fourth-order valence-corrected chi connectivity index (χ4v) is 2.49. The summed E-state index contributed by atoms with van der Waals surface area (Å²) in [6, 6.07) is 0. The summed E-state index contributed by atoms with van der Waals surface area (Å²) < 4.78 is 0. The van der Waals surface area contributed by atoms with Gasteiger partial charge in [-0.2, -0.15) is 0 Å². The SMILES string of the molecule is NCC1(CNCc2nccs2)CCC1. The van der Waals surface area contributed by atoms with E-state index in [1.807, 2.05) is 11.6 Å². The van der Waals surface area contributed by atoms with E-state index in [0.717, 1.165) is 24.6 Å². The van der Waals surface area contributed by atoms with Crippen molar-refractivity contribution in [1.82, 2.24) is 10.3 Å². The Bertz CT molecular complexity index is 261. The van der Waals surface area contributed by atoms with Crippen molar-refractivity contribution in [3.63, 3.8) is 0 Å². The Morgan fingerprint density at radius 3 is 2.93 bits per heavy atom. The summed E-state index contributed by atoms with van der Waals surface area (Å²) in [6.45, 7) is 2.75. The number of rotatable bonds is 5. The Hall–Kier alpha value is -0.450. The molecule has 0 saturated heterocycles. The molecule has 0 radical (unpaired) electrons. The van der Waals surface area contributed by atoms with E-state index in [9.17, 15) is 0 Å². The van der Waals surface area contributed by atoms with Crippen molar-refractivity contribution in [3.8, 4) is 0 Å². The molecule has 78 valence electrons. The molecule has 0 atom stereocenters. The largest absolute Gasteiger partial charge is 0.330 e. The van der Waals surface area contributed by atoms with E-state index in [1.54, 1.807) is 11.3 Å².